The molecule has 1 rings (SSSR count). The highest BCUT2D eigenvalue weighted by atomic mass is 79.9. The van der Waals surface area contributed by atoms with Gasteiger partial charge in [-0.05, 0) is 25.2 Å². The molecule has 0 aromatic carbocycles. The van der Waals surface area contributed by atoms with Crippen molar-refractivity contribution in [2.75, 3.05) is 19.8 Å². The fourth-order valence-electron chi connectivity index (χ4n) is 1.98. The summed E-state index contributed by atoms with van der Waals surface area (Å²) in [6.07, 6.45) is -0.0948. The minimum atomic E-state index is -4.38. The number of alkyl halides is 4. The molecular weight excluding hydrogens is 315 g/mol. The molecule has 0 aromatic rings. The van der Waals surface area contributed by atoms with Crippen LogP contribution in [0.3, 0.4) is 0 Å². The highest BCUT2D eigenvalue weighted by molar-refractivity contribution is 9.09. The summed E-state index contributed by atoms with van der Waals surface area (Å²) in [5, 5.41) is 2.61. The van der Waals surface area contributed by atoms with E-state index in [9.17, 15) is 18.0 Å². The van der Waals surface area contributed by atoms with Crippen LogP contribution in [-0.2, 0) is 9.53 Å². The van der Waals surface area contributed by atoms with Crippen LogP contribution in [0.4, 0.5) is 13.2 Å². The van der Waals surface area contributed by atoms with Crippen molar-refractivity contribution < 1.29 is 22.7 Å². The molecule has 7 heteroatoms. The Morgan fingerprint density at radius 3 is 2.72 bits per heavy atom. The largest absolute Gasteiger partial charge is 0.411 e. The Balaban J connectivity index is 2.09. The Kier molecular flexibility index (Phi) is 6.42. The zero-order valence-corrected chi connectivity index (χ0v) is 11.5. The van der Waals surface area contributed by atoms with Gasteiger partial charge in [0, 0.05) is 11.4 Å². The van der Waals surface area contributed by atoms with Gasteiger partial charge in [0.05, 0.1) is 0 Å². The fourth-order valence-corrected chi connectivity index (χ4v) is 2.83. The van der Waals surface area contributed by atoms with E-state index in [1.807, 2.05) is 0 Å². The van der Waals surface area contributed by atoms with E-state index < -0.39 is 25.3 Å². The van der Waals surface area contributed by atoms with E-state index in [-0.39, 0.29) is 0 Å². The molecule has 1 N–H and O–H groups in total. The van der Waals surface area contributed by atoms with Crippen LogP contribution in [-0.4, -0.2) is 36.7 Å². The number of nitrogens with one attached hydrogen (secondary N) is 1. The molecule has 1 aliphatic rings. The smallest absolute Gasteiger partial charge is 0.362 e. The molecule has 0 radical (unpaired) electrons. The lowest BCUT2D eigenvalue weighted by molar-refractivity contribution is -0.175. The van der Waals surface area contributed by atoms with Crippen molar-refractivity contribution in [2.45, 2.75) is 36.7 Å². The molecule has 2 unspecified atom stereocenters. The average molecular weight is 332 g/mol. The van der Waals surface area contributed by atoms with E-state index in [2.05, 4.69) is 26.0 Å². The number of carbonyl (C=O) groups excluding carboxylic acids is 1. The number of ether oxygens (including phenoxy) is 1. The molecule has 0 bridgehead atoms. The lowest BCUT2D eigenvalue weighted by atomic mass is 9.89. The number of halogens is 4. The standard InChI is InChI=1S/C11H17BrF3NO2/c12-9-3-1-2-8(4-9)5-16-10(17)6-18-7-11(13,14)15/h8-9H,1-7H2,(H,16,17). The summed E-state index contributed by atoms with van der Waals surface area (Å²) in [5.41, 5.74) is 0. The maximum atomic E-state index is 11.8. The molecule has 0 spiro atoms. The van der Waals surface area contributed by atoms with E-state index in [1.54, 1.807) is 0 Å². The number of amides is 1. The summed E-state index contributed by atoms with van der Waals surface area (Å²) in [5.74, 6) is -0.0920. The van der Waals surface area contributed by atoms with Crippen molar-refractivity contribution in [3.63, 3.8) is 0 Å². The van der Waals surface area contributed by atoms with Gasteiger partial charge < -0.3 is 10.1 Å². The van der Waals surface area contributed by atoms with Gasteiger partial charge in [0.2, 0.25) is 5.91 Å². The summed E-state index contributed by atoms with van der Waals surface area (Å²) in [4.78, 5) is 11.7. The van der Waals surface area contributed by atoms with Gasteiger partial charge in [0.15, 0.2) is 0 Å². The van der Waals surface area contributed by atoms with Crippen LogP contribution in [0, 0.1) is 5.92 Å². The SMILES string of the molecule is O=C(COCC(F)(F)F)NCC1CCCC(Br)C1. The Morgan fingerprint density at radius 2 is 2.11 bits per heavy atom. The summed E-state index contributed by atoms with van der Waals surface area (Å²) in [6, 6.07) is 0. The van der Waals surface area contributed by atoms with Gasteiger partial charge in [0.25, 0.3) is 0 Å². The summed E-state index contributed by atoms with van der Waals surface area (Å²) in [7, 11) is 0. The molecule has 0 aliphatic heterocycles. The van der Waals surface area contributed by atoms with Gasteiger partial charge in [-0.25, -0.2) is 0 Å². The Bertz CT molecular complexity index is 274. The number of hydrogen-bond acceptors (Lipinski definition) is 2. The van der Waals surface area contributed by atoms with Gasteiger partial charge in [-0.15, -0.1) is 0 Å². The maximum absolute atomic E-state index is 11.8. The van der Waals surface area contributed by atoms with Crippen molar-refractivity contribution in [3.05, 3.63) is 0 Å². The number of rotatable bonds is 5. The summed E-state index contributed by atoms with van der Waals surface area (Å²) >= 11 is 3.54. The highest BCUT2D eigenvalue weighted by Gasteiger charge is 2.28. The molecule has 106 valence electrons. The van der Waals surface area contributed by atoms with E-state index >= 15 is 0 Å². The van der Waals surface area contributed by atoms with Crippen LogP contribution in [0.1, 0.15) is 25.7 Å². The third-order valence-corrected chi connectivity index (χ3v) is 3.64. The highest BCUT2D eigenvalue weighted by Crippen LogP contribution is 2.28. The lowest BCUT2D eigenvalue weighted by Crippen LogP contribution is -2.35. The topological polar surface area (TPSA) is 38.3 Å². The van der Waals surface area contributed by atoms with Crippen LogP contribution in [0.5, 0.6) is 0 Å². The zero-order chi connectivity index (χ0) is 13.6. The molecule has 0 heterocycles. The van der Waals surface area contributed by atoms with E-state index in [0.29, 0.717) is 17.3 Å². The minimum absolute atomic E-state index is 0.398. The Hall–Kier alpha value is -0.300. The number of carbonyl (C=O) groups is 1. The van der Waals surface area contributed by atoms with Gasteiger partial charge in [0.1, 0.15) is 13.2 Å². The monoisotopic (exact) mass is 331 g/mol. The van der Waals surface area contributed by atoms with E-state index in [4.69, 9.17) is 0 Å². The maximum Gasteiger partial charge on any atom is 0.411 e. The fraction of sp³-hybridized carbons (Fsp3) is 0.909. The first kappa shape index (κ1) is 15.8. The van der Waals surface area contributed by atoms with Gasteiger partial charge >= 0.3 is 6.18 Å². The van der Waals surface area contributed by atoms with Crippen molar-refractivity contribution in [1.29, 1.82) is 0 Å². The minimum Gasteiger partial charge on any atom is -0.362 e. The molecule has 1 amide bonds. The molecule has 1 fully saturated rings. The second kappa shape index (κ2) is 7.33. The average Bonchev–Trinajstić information content (AvgIpc) is 2.25. The van der Waals surface area contributed by atoms with Crippen molar-refractivity contribution >= 4 is 21.8 Å². The van der Waals surface area contributed by atoms with Crippen LogP contribution in [0.25, 0.3) is 0 Å². The van der Waals surface area contributed by atoms with E-state index in [0.717, 1.165) is 25.7 Å². The summed E-state index contributed by atoms with van der Waals surface area (Å²) < 4.78 is 39.6. The van der Waals surface area contributed by atoms with Crippen molar-refractivity contribution in [3.8, 4) is 0 Å². The molecule has 2 atom stereocenters. The Morgan fingerprint density at radius 1 is 1.39 bits per heavy atom. The zero-order valence-electron chi connectivity index (χ0n) is 9.93. The quantitative estimate of drug-likeness (QED) is 0.786. The Labute approximate surface area is 113 Å². The first-order valence-corrected chi connectivity index (χ1v) is 6.83. The third kappa shape index (κ3) is 7.20. The lowest BCUT2D eigenvalue weighted by Gasteiger charge is -2.25. The first-order chi connectivity index (χ1) is 8.37. The predicted molar refractivity (Wildman–Crippen MR) is 64.6 cm³/mol. The van der Waals surface area contributed by atoms with Gasteiger partial charge in [-0.1, -0.05) is 22.4 Å². The molecular formula is C11H17BrF3NO2. The molecule has 3 nitrogen and oxygen atoms in total. The second-order valence-electron chi connectivity index (χ2n) is 4.54. The molecule has 1 saturated carbocycles. The predicted octanol–water partition coefficient (Wildman–Crippen LogP) is 2.64. The second-order valence-corrected chi connectivity index (χ2v) is 5.84. The van der Waals surface area contributed by atoms with Crippen molar-refractivity contribution in [2.24, 2.45) is 5.92 Å². The molecule has 0 saturated heterocycles. The first-order valence-electron chi connectivity index (χ1n) is 5.92. The normalized spacial score (nSPS) is 24.9. The van der Waals surface area contributed by atoms with Crippen LogP contribution in [0.15, 0.2) is 0 Å². The number of hydrogen-bond donors (Lipinski definition) is 1. The summed E-state index contributed by atoms with van der Waals surface area (Å²) in [6.45, 7) is -1.41. The van der Waals surface area contributed by atoms with Crippen molar-refractivity contribution in [1.82, 2.24) is 5.32 Å². The molecule has 0 aromatic heterocycles. The van der Waals surface area contributed by atoms with Gasteiger partial charge in [-0.2, -0.15) is 13.2 Å². The van der Waals surface area contributed by atoms with E-state index in [1.165, 1.54) is 0 Å². The molecule has 1 aliphatic carbocycles. The van der Waals surface area contributed by atoms with Gasteiger partial charge in [-0.3, -0.25) is 4.79 Å². The van der Waals surface area contributed by atoms with Crippen LogP contribution >= 0.6 is 15.9 Å². The molecule has 18 heavy (non-hydrogen) atoms. The van der Waals surface area contributed by atoms with Crippen LogP contribution in [0.2, 0.25) is 0 Å². The van der Waals surface area contributed by atoms with Crippen LogP contribution < -0.4 is 5.32 Å². The third-order valence-electron chi connectivity index (χ3n) is 2.81.